The van der Waals surface area contributed by atoms with Gasteiger partial charge in [0.1, 0.15) is 11.3 Å². The SMILES string of the molecule is CC(NCc1ccccn1)c1cc2ccccc2o1. The number of para-hydroxylation sites is 1. The first-order chi connectivity index (χ1) is 9.33. The first-order valence-electron chi connectivity index (χ1n) is 6.45. The number of nitrogens with zero attached hydrogens (tertiary/aromatic N) is 1. The van der Waals surface area contributed by atoms with Crippen LogP contribution in [0.15, 0.2) is 59.1 Å². The summed E-state index contributed by atoms with van der Waals surface area (Å²) >= 11 is 0. The molecule has 0 saturated heterocycles. The van der Waals surface area contributed by atoms with Gasteiger partial charge in [-0.1, -0.05) is 24.3 Å². The molecule has 0 aliphatic carbocycles. The maximum atomic E-state index is 5.84. The van der Waals surface area contributed by atoms with E-state index in [-0.39, 0.29) is 6.04 Å². The second-order valence-electron chi connectivity index (χ2n) is 4.61. The first kappa shape index (κ1) is 11.9. The molecule has 1 N–H and O–H groups in total. The average Bonchev–Trinajstić information content (AvgIpc) is 2.90. The van der Waals surface area contributed by atoms with Gasteiger partial charge in [-0.15, -0.1) is 0 Å². The highest BCUT2D eigenvalue weighted by Gasteiger charge is 2.10. The number of hydrogen-bond donors (Lipinski definition) is 1. The number of fused-ring (bicyclic) bond motifs is 1. The molecule has 0 radical (unpaired) electrons. The average molecular weight is 252 g/mol. The van der Waals surface area contributed by atoms with Crippen LogP contribution in [0.5, 0.6) is 0 Å². The molecule has 0 saturated carbocycles. The molecule has 0 spiro atoms. The number of furan rings is 1. The third kappa shape index (κ3) is 2.66. The van der Waals surface area contributed by atoms with Gasteiger partial charge in [0.2, 0.25) is 0 Å². The maximum Gasteiger partial charge on any atom is 0.134 e. The highest BCUT2D eigenvalue weighted by Crippen LogP contribution is 2.23. The minimum Gasteiger partial charge on any atom is -0.459 e. The molecule has 3 heteroatoms. The van der Waals surface area contributed by atoms with Crippen molar-refractivity contribution in [2.75, 3.05) is 0 Å². The smallest absolute Gasteiger partial charge is 0.134 e. The van der Waals surface area contributed by atoms with Crippen LogP contribution in [0, 0.1) is 0 Å². The first-order valence-corrected chi connectivity index (χ1v) is 6.45. The van der Waals surface area contributed by atoms with Gasteiger partial charge in [-0.05, 0) is 31.2 Å². The standard InChI is InChI=1S/C16H16N2O/c1-12(18-11-14-7-4-5-9-17-14)16-10-13-6-2-3-8-15(13)19-16/h2-10,12,18H,11H2,1H3. The Labute approximate surface area is 112 Å². The third-order valence-electron chi connectivity index (χ3n) is 3.19. The zero-order chi connectivity index (χ0) is 13.1. The van der Waals surface area contributed by atoms with Gasteiger partial charge in [0, 0.05) is 18.1 Å². The van der Waals surface area contributed by atoms with Crippen molar-refractivity contribution in [3.8, 4) is 0 Å². The number of hydrogen-bond acceptors (Lipinski definition) is 3. The van der Waals surface area contributed by atoms with E-state index in [1.165, 1.54) is 0 Å². The Hall–Kier alpha value is -2.13. The van der Waals surface area contributed by atoms with Crippen molar-refractivity contribution in [2.45, 2.75) is 19.5 Å². The van der Waals surface area contributed by atoms with Crippen molar-refractivity contribution in [2.24, 2.45) is 0 Å². The Balaban J connectivity index is 1.71. The molecular weight excluding hydrogens is 236 g/mol. The van der Waals surface area contributed by atoms with E-state index in [2.05, 4.69) is 29.4 Å². The van der Waals surface area contributed by atoms with Crippen molar-refractivity contribution >= 4 is 11.0 Å². The molecule has 0 bridgehead atoms. The van der Waals surface area contributed by atoms with Gasteiger partial charge in [-0.2, -0.15) is 0 Å². The van der Waals surface area contributed by atoms with Crippen molar-refractivity contribution in [3.63, 3.8) is 0 Å². The lowest BCUT2D eigenvalue weighted by Gasteiger charge is -2.10. The minimum absolute atomic E-state index is 0.161. The van der Waals surface area contributed by atoms with Gasteiger partial charge < -0.3 is 9.73 Å². The van der Waals surface area contributed by atoms with E-state index < -0.39 is 0 Å². The Morgan fingerprint density at radius 2 is 2.00 bits per heavy atom. The van der Waals surface area contributed by atoms with Crippen LogP contribution in [0.4, 0.5) is 0 Å². The summed E-state index contributed by atoms with van der Waals surface area (Å²) in [4.78, 5) is 4.29. The van der Waals surface area contributed by atoms with E-state index >= 15 is 0 Å². The van der Waals surface area contributed by atoms with Gasteiger partial charge >= 0.3 is 0 Å². The Bertz CT molecular complexity index is 628. The van der Waals surface area contributed by atoms with Crippen LogP contribution in [-0.2, 0) is 6.54 Å². The van der Waals surface area contributed by atoms with Crippen LogP contribution < -0.4 is 5.32 Å². The Morgan fingerprint density at radius 1 is 1.16 bits per heavy atom. The van der Waals surface area contributed by atoms with Gasteiger partial charge in [-0.3, -0.25) is 4.98 Å². The van der Waals surface area contributed by atoms with E-state index in [0.717, 1.165) is 29.0 Å². The lowest BCUT2D eigenvalue weighted by atomic mass is 10.2. The molecule has 3 aromatic rings. The fourth-order valence-corrected chi connectivity index (χ4v) is 2.08. The normalized spacial score (nSPS) is 12.7. The van der Waals surface area contributed by atoms with Crippen LogP contribution in [0.2, 0.25) is 0 Å². The molecule has 1 unspecified atom stereocenters. The van der Waals surface area contributed by atoms with Crippen LogP contribution in [0.1, 0.15) is 24.4 Å². The monoisotopic (exact) mass is 252 g/mol. The molecule has 2 aromatic heterocycles. The van der Waals surface area contributed by atoms with Crippen LogP contribution >= 0.6 is 0 Å². The molecule has 0 aliphatic rings. The summed E-state index contributed by atoms with van der Waals surface area (Å²) in [6.45, 7) is 2.83. The molecule has 2 heterocycles. The summed E-state index contributed by atoms with van der Waals surface area (Å²) in [6.07, 6.45) is 1.81. The van der Waals surface area contributed by atoms with E-state index in [0.29, 0.717) is 0 Å². The molecule has 0 amide bonds. The second kappa shape index (κ2) is 5.24. The zero-order valence-electron chi connectivity index (χ0n) is 10.8. The maximum absolute atomic E-state index is 5.84. The van der Waals surface area contributed by atoms with E-state index in [1.807, 2.05) is 42.6 Å². The van der Waals surface area contributed by atoms with E-state index in [9.17, 15) is 0 Å². The van der Waals surface area contributed by atoms with Gasteiger partial charge in [-0.25, -0.2) is 0 Å². The lowest BCUT2D eigenvalue weighted by Crippen LogP contribution is -2.18. The van der Waals surface area contributed by atoms with Gasteiger partial charge in [0.25, 0.3) is 0 Å². The predicted molar refractivity (Wildman–Crippen MR) is 75.7 cm³/mol. The molecule has 96 valence electrons. The largest absolute Gasteiger partial charge is 0.459 e. The summed E-state index contributed by atoms with van der Waals surface area (Å²) < 4.78 is 5.84. The third-order valence-corrected chi connectivity index (χ3v) is 3.19. The van der Waals surface area contributed by atoms with Gasteiger partial charge in [0.05, 0.1) is 11.7 Å². The van der Waals surface area contributed by atoms with Crippen molar-refractivity contribution < 1.29 is 4.42 Å². The zero-order valence-corrected chi connectivity index (χ0v) is 10.8. The second-order valence-corrected chi connectivity index (χ2v) is 4.61. The number of aromatic nitrogens is 1. The number of rotatable bonds is 4. The quantitative estimate of drug-likeness (QED) is 0.769. The predicted octanol–water partition coefficient (Wildman–Crippen LogP) is 3.68. The summed E-state index contributed by atoms with van der Waals surface area (Å²) in [5, 5.41) is 4.56. The highest BCUT2D eigenvalue weighted by atomic mass is 16.3. The van der Waals surface area contributed by atoms with Crippen LogP contribution in [0.25, 0.3) is 11.0 Å². The number of benzene rings is 1. The molecule has 0 aliphatic heterocycles. The Kier molecular flexibility index (Phi) is 3.29. The van der Waals surface area contributed by atoms with E-state index in [1.54, 1.807) is 0 Å². The number of nitrogens with one attached hydrogen (secondary N) is 1. The lowest BCUT2D eigenvalue weighted by molar-refractivity contribution is 0.449. The summed E-state index contributed by atoms with van der Waals surface area (Å²) in [7, 11) is 0. The molecule has 0 fully saturated rings. The molecule has 1 aromatic carbocycles. The van der Waals surface area contributed by atoms with Crippen LogP contribution in [0.3, 0.4) is 0 Å². The summed E-state index contributed by atoms with van der Waals surface area (Å²) in [5.41, 5.74) is 1.97. The van der Waals surface area contributed by atoms with Crippen molar-refractivity contribution in [1.82, 2.24) is 10.3 Å². The fraction of sp³-hybridized carbons (Fsp3) is 0.188. The minimum atomic E-state index is 0.161. The molecule has 3 rings (SSSR count). The molecular formula is C16H16N2O. The Morgan fingerprint density at radius 3 is 2.79 bits per heavy atom. The van der Waals surface area contributed by atoms with Crippen LogP contribution in [-0.4, -0.2) is 4.98 Å². The van der Waals surface area contributed by atoms with Crippen molar-refractivity contribution in [1.29, 1.82) is 0 Å². The van der Waals surface area contributed by atoms with Crippen molar-refractivity contribution in [3.05, 3.63) is 66.2 Å². The summed E-state index contributed by atoms with van der Waals surface area (Å²) in [5.74, 6) is 0.956. The molecule has 3 nitrogen and oxygen atoms in total. The number of pyridine rings is 1. The van der Waals surface area contributed by atoms with E-state index in [4.69, 9.17) is 4.42 Å². The topological polar surface area (TPSA) is 38.1 Å². The molecule has 19 heavy (non-hydrogen) atoms. The highest BCUT2D eigenvalue weighted by molar-refractivity contribution is 5.77. The fourth-order valence-electron chi connectivity index (χ4n) is 2.08. The summed E-state index contributed by atoms with van der Waals surface area (Å²) in [6, 6.07) is 16.2. The van der Waals surface area contributed by atoms with Gasteiger partial charge in [0.15, 0.2) is 0 Å². The molecule has 1 atom stereocenters.